The van der Waals surface area contributed by atoms with Gasteiger partial charge in [-0.05, 0) is 47.9 Å². The topological polar surface area (TPSA) is 49.3 Å². The molecule has 4 rings (SSSR count). The number of nitrogens with one attached hydrogen (secondary N) is 1. The fraction of sp³-hybridized carbons (Fsp3) is 0.522. The van der Waals surface area contributed by atoms with Crippen molar-refractivity contribution >= 4 is 16.7 Å². The third-order valence-electron chi connectivity index (χ3n) is 5.88. The molecule has 2 aromatic rings. The molecule has 2 fully saturated rings. The molecule has 6 heteroatoms. The van der Waals surface area contributed by atoms with Crippen molar-refractivity contribution in [2.24, 2.45) is 4.99 Å². The zero-order chi connectivity index (χ0) is 20.1. The zero-order valence-electron chi connectivity index (χ0n) is 17.6. The van der Waals surface area contributed by atoms with Crippen molar-refractivity contribution in [1.82, 2.24) is 15.1 Å². The van der Waals surface area contributed by atoms with Crippen LogP contribution in [-0.2, 0) is 11.3 Å². The van der Waals surface area contributed by atoms with Gasteiger partial charge in [0.25, 0.3) is 0 Å². The van der Waals surface area contributed by atoms with E-state index in [2.05, 4.69) is 52.4 Å². The van der Waals surface area contributed by atoms with Crippen LogP contribution >= 0.6 is 0 Å². The van der Waals surface area contributed by atoms with Crippen molar-refractivity contribution in [1.29, 1.82) is 0 Å². The van der Waals surface area contributed by atoms with Crippen LogP contribution in [0.3, 0.4) is 0 Å². The van der Waals surface area contributed by atoms with Crippen LogP contribution in [-0.4, -0.2) is 74.8 Å². The number of ether oxygens (including phenoxy) is 2. The standard InChI is InChI=1S/C23H32N4O2/c1-3-24-23(27-9-8-21(17-27)26-10-12-29-13-11-26)25-16-18-4-5-20-15-22(28-2)7-6-19(20)14-18/h4-7,14-15,21H,3,8-13,16-17H2,1-2H3,(H,24,25). The summed E-state index contributed by atoms with van der Waals surface area (Å²) in [6.45, 7) is 9.63. The highest BCUT2D eigenvalue weighted by molar-refractivity contribution is 5.85. The van der Waals surface area contributed by atoms with Crippen molar-refractivity contribution < 1.29 is 9.47 Å². The van der Waals surface area contributed by atoms with Gasteiger partial charge in [0, 0.05) is 38.8 Å². The quantitative estimate of drug-likeness (QED) is 0.622. The molecule has 2 aromatic carbocycles. The van der Waals surface area contributed by atoms with E-state index in [9.17, 15) is 0 Å². The Hall–Kier alpha value is -2.31. The second-order valence-corrected chi connectivity index (χ2v) is 7.75. The third kappa shape index (κ3) is 4.82. The number of guanidine groups is 1. The maximum Gasteiger partial charge on any atom is 0.194 e. The molecule has 2 aliphatic heterocycles. The number of rotatable bonds is 5. The predicted octanol–water partition coefficient (Wildman–Crippen LogP) is 2.72. The second-order valence-electron chi connectivity index (χ2n) is 7.75. The first kappa shape index (κ1) is 20.0. The van der Waals surface area contributed by atoms with Gasteiger partial charge >= 0.3 is 0 Å². The molecule has 0 aliphatic carbocycles. The van der Waals surface area contributed by atoms with E-state index in [1.807, 2.05) is 6.07 Å². The Morgan fingerprint density at radius 3 is 2.72 bits per heavy atom. The fourth-order valence-electron chi connectivity index (χ4n) is 4.27. The number of morpholine rings is 1. The summed E-state index contributed by atoms with van der Waals surface area (Å²) in [5.41, 5.74) is 1.22. The van der Waals surface area contributed by atoms with E-state index < -0.39 is 0 Å². The van der Waals surface area contributed by atoms with Crippen LogP contribution in [0.25, 0.3) is 10.8 Å². The Morgan fingerprint density at radius 2 is 1.93 bits per heavy atom. The van der Waals surface area contributed by atoms with E-state index in [1.54, 1.807) is 7.11 Å². The number of nitrogens with zero attached hydrogens (tertiary/aromatic N) is 3. The van der Waals surface area contributed by atoms with Gasteiger partial charge in [0.05, 0.1) is 26.9 Å². The summed E-state index contributed by atoms with van der Waals surface area (Å²) < 4.78 is 10.8. The molecule has 156 valence electrons. The smallest absolute Gasteiger partial charge is 0.194 e. The number of fused-ring (bicyclic) bond motifs is 1. The molecule has 0 bridgehead atoms. The fourth-order valence-corrected chi connectivity index (χ4v) is 4.27. The molecule has 1 unspecified atom stereocenters. The molecule has 2 aliphatic rings. The van der Waals surface area contributed by atoms with Gasteiger partial charge in [-0.2, -0.15) is 0 Å². The number of likely N-dealkylation sites (tertiary alicyclic amines) is 1. The van der Waals surface area contributed by atoms with E-state index in [1.165, 1.54) is 22.8 Å². The second kappa shape index (κ2) is 9.46. The molecule has 29 heavy (non-hydrogen) atoms. The summed E-state index contributed by atoms with van der Waals surface area (Å²) in [7, 11) is 1.70. The van der Waals surface area contributed by atoms with Gasteiger partial charge in [-0.3, -0.25) is 4.90 Å². The maximum atomic E-state index is 5.50. The summed E-state index contributed by atoms with van der Waals surface area (Å²) >= 11 is 0. The first-order valence-electron chi connectivity index (χ1n) is 10.7. The predicted molar refractivity (Wildman–Crippen MR) is 118 cm³/mol. The van der Waals surface area contributed by atoms with Gasteiger partial charge in [-0.25, -0.2) is 4.99 Å². The molecule has 0 aromatic heterocycles. The van der Waals surface area contributed by atoms with Crippen LogP contribution in [0.2, 0.25) is 0 Å². The highest BCUT2D eigenvalue weighted by Gasteiger charge is 2.30. The minimum Gasteiger partial charge on any atom is -0.497 e. The van der Waals surface area contributed by atoms with E-state index >= 15 is 0 Å². The summed E-state index contributed by atoms with van der Waals surface area (Å²) in [5.74, 6) is 1.92. The number of aliphatic imine (C=N–C) groups is 1. The lowest BCUT2D eigenvalue weighted by Crippen LogP contribution is -2.46. The van der Waals surface area contributed by atoms with Crippen LogP contribution in [0.1, 0.15) is 18.9 Å². The molecule has 0 radical (unpaired) electrons. The van der Waals surface area contributed by atoms with Crippen LogP contribution in [0, 0.1) is 0 Å². The molecule has 2 heterocycles. The summed E-state index contributed by atoms with van der Waals surface area (Å²) in [6, 6.07) is 13.3. The minimum atomic E-state index is 0.610. The number of methoxy groups -OCH3 is 1. The molecule has 0 spiro atoms. The number of hydrogen-bond donors (Lipinski definition) is 1. The van der Waals surface area contributed by atoms with Crippen LogP contribution in [0.15, 0.2) is 41.4 Å². The molecule has 2 saturated heterocycles. The van der Waals surface area contributed by atoms with Crippen LogP contribution < -0.4 is 10.1 Å². The highest BCUT2D eigenvalue weighted by Crippen LogP contribution is 2.22. The van der Waals surface area contributed by atoms with Gasteiger partial charge in [-0.1, -0.05) is 18.2 Å². The Kier molecular flexibility index (Phi) is 6.52. The summed E-state index contributed by atoms with van der Waals surface area (Å²) in [4.78, 5) is 9.94. The molecular formula is C23H32N4O2. The molecule has 1 N–H and O–H groups in total. The summed E-state index contributed by atoms with van der Waals surface area (Å²) in [6.07, 6.45) is 1.20. The highest BCUT2D eigenvalue weighted by atomic mass is 16.5. The average molecular weight is 397 g/mol. The van der Waals surface area contributed by atoms with E-state index in [4.69, 9.17) is 14.5 Å². The first-order valence-corrected chi connectivity index (χ1v) is 10.7. The van der Waals surface area contributed by atoms with Crippen molar-refractivity contribution in [3.8, 4) is 5.75 Å². The van der Waals surface area contributed by atoms with Gasteiger partial charge in [0.2, 0.25) is 0 Å². The van der Waals surface area contributed by atoms with Crippen molar-refractivity contribution in [3.05, 3.63) is 42.0 Å². The van der Waals surface area contributed by atoms with Gasteiger partial charge in [0.15, 0.2) is 5.96 Å². The molecule has 0 amide bonds. The Labute approximate surface area is 173 Å². The van der Waals surface area contributed by atoms with Crippen LogP contribution in [0.5, 0.6) is 5.75 Å². The van der Waals surface area contributed by atoms with E-state index in [0.717, 1.165) is 57.6 Å². The lowest BCUT2D eigenvalue weighted by molar-refractivity contribution is 0.0195. The van der Waals surface area contributed by atoms with Crippen LogP contribution in [0.4, 0.5) is 0 Å². The van der Waals surface area contributed by atoms with Crippen molar-refractivity contribution in [2.75, 3.05) is 53.0 Å². The lowest BCUT2D eigenvalue weighted by atomic mass is 10.1. The number of benzene rings is 2. The normalized spacial score (nSPS) is 21.0. The third-order valence-corrected chi connectivity index (χ3v) is 5.88. The largest absolute Gasteiger partial charge is 0.497 e. The first-order chi connectivity index (χ1) is 14.3. The molecule has 1 atom stereocenters. The average Bonchev–Trinajstić information content (AvgIpc) is 3.27. The van der Waals surface area contributed by atoms with E-state index in [-0.39, 0.29) is 0 Å². The van der Waals surface area contributed by atoms with Gasteiger partial charge in [0.1, 0.15) is 5.75 Å². The van der Waals surface area contributed by atoms with Crippen molar-refractivity contribution in [2.45, 2.75) is 25.9 Å². The monoisotopic (exact) mass is 396 g/mol. The Bertz CT molecular complexity index is 848. The molecular weight excluding hydrogens is 364 g/mol. The van der Waals surface area contributed by atoms with E-state index in [0.29, 0.717) is 12.6 Å². The minimum absolute atomic E-state index is 0.610. The molecule has 6 nitrogen and oxygen atoms in total. The SMILES string of the molecule is CCNC(=NCc1ccc2cc(OC)ccc2c1)N1CCC(N2CCOCC2)C1. The van der Waals surface area contributed by atoms with Crippen molar-refractivity contribution in [3.63, 3.8) is 0 Å². The van der Waals surface area contributed by atoms with Gasteiger partial charge in [-0.15, -0.1) is 0 Å². The Morgan fingerprint density at radius 1 is 1.14 bits per heavy atom. The maximum absolute atomic E-state index is 5.50. The molecule has 0 saturated carbocycles. The Balaban J connectivity index is 1.43. The lowest BCUT2D eigenvalue weighted by Gasteiger charge is -2.32. The summed E-state index contributed by atoms with van der Waals surface area (Å²) in [5, 5.41) is 5.90. The zero-order valence-corrected chi connectivity index (χ0v) is 17.6. The van der Waals surface area contributed by atoms with Gasteiger partial charge < -0.3 is 19.7 Å². The number of hydrogen-bond acceptors (Lipinski definition) is 4.